The van der Waals surface area contributed by atoms with Gasteiger partial charge in [-0.05, 0) is 30.5 Å². The molecule has 0 saturated carbocycles. The van der Waals surface area contributed by atoms with Crippen molar-refractivity contribution in [2.75, 3.05) is 19.7 Å². The number of nitriles is 1. The van der Waals surface area contributed by atoms with Crippen LogP contribution in [0.15, 0.2) is 54.6 Å². The first kappa shape index (κ1) is 18.0. The molecule has 1 aliphatic rings. The van der Waals surface area contributed by atoms with Gasteiger partial charge >= 0.3 is 0 Å². The summed E-state index contributed by atoms with van der Waals surface area (Å²) in [4.78, 5) is 14.5. The molecule has 1 amide bonds. The molecular weight excluding hydrogens is 326 g/mol. The fourth-order valence-electron chi connectivity index (χ4n) is 3.17. The highest BCUT2D eigenvalue weighted by atomic mass is 16.5. The van der Waals surface area contributed by atoms with Crippen molar-refractivity contribution < 1.29 is 9.53 Å². The molecule has 134 valence electrons. The van der Waals surface area contributed by atoms with Gasteiger partial charge < -0.3 is 10.1 Å². The summed E-state index contributed by atoms with van der Waals surface area (Å²) in [6, 6.07) is 19.6. The fourth-order valence-corrected chi connectivity index (χ4v) is 3.17. The molecule has 0 aliphatic carbocycles. The van der Waals surface area contributed by atoms with Crippen LogP contribution in [0.25, 0.3) is 0 Å². The van der Waals surface area contributed by atoms with Crippen LogP contribution in [0.4, 0.5) is 0 Å². The Kier molecular flexibility index (Phi) is 6.24. The summed E-state index contributed by atoms with van der Waals surface area (Å²) in [5, 5.41) is 12.1. The average molecular weight is 349 g/mol. The van der Waals surface area contributed by atoms with Gasteiger partial charge in [-0.1, -0.05) is 42.5 Å². The molecule has 5 heteroatoms. The van der Waals surface area contributed by atoms with E-state index in [4.69, 9.17) is 10.00 Å². The summed E-state index contributed by atoms with van der Waals surface area (Å²) < 4.78 is 5.49. The number of carbonyl (C=O) groups is 1. The molecule has 0 unspecified atom stereocenters. The zero-order valence-corrected chi connectivity index (χ0v) is 14.7. The van der Waals surface area contributed by atoms with Gasteiger partial charge in [0, 0.05) is 25.7 Å². The molecule has 0 bridgehead atoms. The third-order valence-corrected chi connectivity index (χ3v) is 4.57. The van der Waals surface area contributed by atoms with Gasteiger partial charge in [-0.2, -0.15) is 5.26 Å². The van der Waals surface area contributed by atoms with Crippen LogP contribution in [-0.4, -0.2) is 36.5 Å². The molecule has 1 saturated heterocycles. The van der Waals surface area contributed by atoms with E-state index in [1.165, 1.54) is 5.56 Å². The Balaban J connectivity index is 1.40. The number of rotatable bonds is 6. The molecule has 5 nitrogen and oxygen atoms in total. The molecule has 1 fully saturated rings. The lowest BCUT2D eigenvalue weighted by Crippen LogP contribution is -2.45. The number of nitrogens with one attached hydrogen (secondary N) is 1. The van der Waals surface area contributed by atoms with Crippen LogP contribution < -0.4 is 10.1 Å². The highest BCUT2D eigenvalue weighted by molar-refractivity contribution is 5.78. The summed E-state index contributed by atoms with van der Waals surface area (Å²) in [7, 11) is 0. The van der Waals surface area contributed by atoms with E-state index in [9.17, 15) is 4.79 Å². The largest absolute Gasteiger partial charge is 0.482 e. The Morgan fingerprint density at radius 1 is 1.12 bits per heavy atom. The molecule has 2 aromatic rings. The maximum atomic E-state index is 12.1. The summed E-state index contributed by atoms with van der Waals surface area (Å²) in [6.07, 6.45) is 1.88. The van der Waals surface area contributed by atoms with Crippen LogP contribution in [0.5, 0.6) is 5.75 Å². The first-order chi connectivity index (χ1) is 12.7. The van der Waals surface area contributed by atoms with Crippen molar-refractivity contribution in [1.82, 2.24) is 10.2 Å². The smallest absolute Gasteiger partial charge is 0.258 e. The zero-order valence-electron chi connectivity index (χ0n) is 14.7. The van der Waals surface area contributed by atoms with Gasteiger partial charge in [-0.3, -0.25) is 9.69 Å². The van der Waals surface area contributed by atoms with Gasteiger partial charge in [0.05, 0.1) is 5.56 Å². The molecular formula is C21H23N3O2. The lowest BCUT2D eigenvalue weighted by molar-refractivity contribution is -0.124. The van der Waals surface area contributed by atoms with E-state index >= 15 is 0 Å². The Morgan fingerprint density at radius 3 is 2.54 bits per heavy atom. The lowest BCUT2D eigenvalue weighted by atomic mass is 10.0. The number of benzene rings is 2. The second-order valence-electron chi connectivity index (χ2n) is 6.50. The Morgan fingerprint density at radius 2 is 1.81 bits per heavy atom. The second-order valence-corrected chi connectivity index (χ2v) is 6.50. The van der Waals surface area contributed by atoms with Gasteiger partial charge in [0.2, 0.25) is 0 Å². The maximum Gasteiger partial charge on any atom is 0.258 e. The van der Waals surface area contributed by atoms with Crippen LogP contribution in [0.1, 0.15) is 24.0 Å². The number of amides is 1. The van der Waals surface area contributed by atoms with Gasteiger partial charge in [-0.15, -0.1) is 0 Å². The number of hydrogen-bond acceptors (Lipinski definition) is 4. The molecule has 0 atom stereocenters. The minimum Gasteiger partial charge on any atom is -0.482 e. The fraction of sp³-hybridized carbons (Fsp3) is 0.333. The highest BCUT2D eigenvalue weighted by Gasteiger charge is 2.21. The van der Waals surface area contributed by atoms with Crippen molar-refractivity contribution in [3.05, 3.63) is 65.7 Å². The number of nitrogens with zero attached hydrogens (tertiary/aromatic N) is 2. The summed E-state index contributed by atoms with van der Waals surface area (Å²) >= 11 is 0. The maximum absolute atomic E-state index is 12.1. The molecule has 2 aromatic carbocycles. The van der Waals surface area contributed by atoms with Crippen LogP contribution in [0.2, 0.25) is 0 Å². The van der Waals surface area contributed by atoms with Crippen molar-refractivity contribution in [2.24, 2.45) is 0 Å². The quantitative estimate of drug-likeness (QED) is 0.871. The summed E-state index contributed by atoms with van der Waals surface area (Å²) in [5.41, 5.74) is 1.76. The molecule has 1 N–H and O–H groups in total. The van der Waals surface area contributed by atoms with Crippen LogP contribution in [0.3, 0.4) is 0 Å². The number of carbonyl (C=O) groups excluding carboxylic acids is 1. The van der Waals surface area contributed by atoms with E-state index in [1.54, 1.807) is 24.3 Å². The van der Waals surface area contributed by atoms with Crippen molar-refractivity contribution in [2.45, 2.75) is 25.4 Å². The predicted octanol–water partition coefficient (Wildman–Crippen LogP) is 2.72. The SMILES string of the molecule is N#Cc1ccccc1OCC(=O)NC1CCN(Cc2ccccc2)CC1. The van der Waals surface area contributed by atoms with E-state index in [0.717, 1.165) is 32.5 Å². The van der Waals surface area contributed by atoms with E-state index < -0.39 is 0 Å². The third-order valence-electron chi connectivity index (χ3n) is 4.57. The summed E-state index contributed by atoms with van der Waals surface area (Å²) in [5.74, 6) is 0.307. The van der Waals surface area contributed by atoms with Crippen LogP contribution >= 0.6 is 0 Å². The molecule has 26 heavy (non-hydrogen) atoms. The van der Waals surface area contributed by atoms with Crippen molar-refractivity contribution in [1.29, 1.82) is 5.26 Å². The molecule has 3 rings (SSSR count). The number of para-hydroxylation sites is 1. The van der Waals surface area contributed by atoms with Crippen molar-refractivity contribution >= 4 is 5.91 Å². The molecule has 0 spiro atoms. The van der Waals surface area contributed by atoms with E-state index in [2.05, 4.69) is 40.6 Å². The van der Waals surface area contributed by atoms with E-state index in [0.29, 0.717) is 11.3 Å². The minimum atomic E-state index is -0.140. The van der Waals surface area contributed by atoms with Gasteiger partial charge in [0.1, 0.15) is 11.8 Å². The predicted molar refractivity (Wildman–Crippen MR) is 99.5 cm³/mol. The second kappa shape index (κ2) is 9.02. The Labute approximate surface area is 154 Å². The molecule has 1 heterocycles. The Bertz CT molecular complexity index is 762. The minimum absolute atomic E-state index is 0.0665. The van der Waals surface area contributed by atoms with E-state index in [-0.39, 0.29) is 18.6 Å². The van der Waals surface area contributed by atoms with Crippen molar-refractivity contribution in [3.63, 3.8) is 0 Å². The Hall–Kier alpha value is -2.84. The molecule has 0 aromatic heterocycles. The molecule has 0 radical (unpaired) electrons. The lowest BCUT2D eigenvalue weighted by Gasteiger charge is -2.32. The first-order valence-electron chi connectivity index (χ1n) is 8.92. The first-order valence-corrected chi connectivity index (χ1v) is 8.92. The van der Waals surface area contributed by atoms with Gasteiger partial charge in [-0.25, -0.2) is 0 Å². The standard InChI is InChI=1S/C21H23N3O2/c22-14-18-8-4-5-9-20(18)26-16-21(25)23-19-10-12-24(13-11-19)15-17-6-2-1-3-7-17/h1-9,19H,10-13,15-16H2,(H,23,25). The molecule has 1 aliphatic heterocycles. The number of hydrogen-bond donors (Lipinski definition) is 1. The monoisotopic (exact) mass is 349 g/mol. The van der Waals surface area contributed by atoms with Crippen molar-refractivity contribution in [3.8, 4) is 11.8 Å². The van der Waals surface area contributed by atoms with Gasteiger partial charge in [0.15, 0.2) is 6.61 Å². The average Bonchev–Trinajstić information content (AvgIpc) is 2.69. The highest BCUT2D eigenvalue weighted by Crippen LogP contribution is 2.17. The summed E-state index contributed by atoms with van der Waals surface area (Å²) in [6.45, 7) is 2.83. The number of piperidine rings is 1. The zero-order chi connectivity index (χ0) is 18.2. The van der Waals surface area contributed by atoms with E-state index in [1.807, 2.05) is 6.07 Å². The number of likely N-dealkylation sites (tertiary alicyclic amines) is 1. The number of ether oxygens (including phenoxy) is 1. The topological polar surface area (TPSA) is 65.4 Å². The van der Waals surface area contributed by atoms with Crippen LogP contribution in [-0.2, 0) is 11.3 Å². The third kappa shape index (κ3) is 5.08. The normalized spacial score (nSPS) is 15.2. The van der Waals surface area contributed by atoms with Gasteiger partial charge in [0.25, 0.3) is 5.91 Å². The van der Waals surface area contributed by atoms with Crippen LogP contribution in [0, 0.1) is 11.3 Å².